The minimum atomic E-state index is 0.164. The molecule has 1 heterocycles. The molecule has 2 aromatic rings. The number of unbranched alkanes of at least 4 members (excludes halogenated alkanes) is 1. The number of oxazole rings is 1. The molecule has 0 aliphatic carbocycles. The monoisotopic (exact) mass is 300 g/mol. The number of amides is 1. The fraction of sp³-hybridized carbons (Fsp3) is 0.444. The lowest BCUT2D eigenvalue weighted by molar-refractivity contribution is -0.129. The first kappa shape index (κ1) is 16.3. The van der Waals surface area contributed by atoms with Gasteiger partial charge in [-0.25, -0.2) is 4.98 Å². The SMILES string of the molecule is CCCCN(C)C(=O)CCc1nc(-c2ccccc2)oc1C. The van der Waals surface area contributed by atoms with Crippen LogP contribution in [0.25, 0.3) is 11.5 Å². The van der Waals surface area contributed by atoms with Crippen molar-refractivity contribution in [2.75, 3.05) is 13.6 Å². The van der Waals surface area contributed by atoms with Crippen molar-refractivity contribution >= 4 is 5.91 Å². The topological polar surface area (TPSA) is 46.3 Å². The van der Waals surface area contributed by atoms with Crippen molar-refractivity contribution in [3.05, 3.63) is 41.8 Å². The summed E-state index contributed by atoms with van der Waals surface area (Å²) >= 11 is 0. The quantitative estimate of drug-likeness (QED) is 0.780. The average Bonchev–Trinajstić information content (AvgIpc) is 2.92. The van der Waals surface area contributed by atoms with E-state index in [0.29, 0.717) is 18.7 Å². The molecule has 0 bridgehead atoms. The Kier molecular flexibility index (Phi) is 5.75. The van der Waals surface area contributed by atoms with Crippen molar-refractivity contribution < 1.29 is 9.21 Å². The second-order valence-electron chi connectivity index (χ2n) is 5.56. The van der Waals surface area contributed by atoms with E-state index < -0.39 is 0 Å². The zero-order valence-electron chi connectivity index (χ0n) is 13.6. The Hall–Kier alpha value is -2.10. The maximum atomic E-state index is 12.1. The summed E-state index contributed by atoms with van der Waals surface area (Å²) < 4.78 is 5.72. The summed E-state index contributed by atoms with van der Waals surface area (Å²) in [6.45, 7) is 4.85. The van der Waals surface area contributed by atoms with Gasteiger partial charge in [-0.1, -0.05) is 31.5 Å². The highest BCUT2D eigenvalue weighted by atomic mass is 16.4. The Morgan fingerprint density at radius 2 is 2.00 bits per heavy atom. The molecule has 1 aromatic carbocycles. The zero-order chi connectivity index (χ0) is 15.9. The van der Waals surface area contributed by atoms with Crippen LogP contribution in [0.3, 0.4) is 0 Å². The van der Waals surface area contributed by atoms with Crippen LogP contribution < -0.4 is 0 Å². The molecule has 0 N–H and O–H groups in total. The third kappa shape index (κ3) is 4.20. The first-order valence-corrected chi connectivity index (χ1v) is 7.87. The largest absolute Gasteiger partial charge is 0.441 e. The molecule has 0 aliphatic heterocycles. The highest BCUT2D eigenvalue weighted by Crippen LogP contribution is 2.22. The van der Waals surface area contributed by atoms with Crippen molar-refractivity contribution in [1.29, 1.82) is 0 Å². The van der Waals surface area contributed by atoms with Gasteiger partial charge in [0.1, 0.15) is 5.76 Å². The Morgan fingerprint density at radius 1 is 1.27 bits per heavy atom. The summed E-state index contributed by atoms with van der Waals surface area (Å²) in [6.07, 6.45) is 3.24. The number of rotatable bonds is 7. The van der Waals surface area contributed by atoms with Crippen molar-refractivity contribution in [2.45, 2.75) is 39.5 Å². The summed E-state index contributed by atoms with van der Waals surface area (Å²) in [4.78, 5) is 18.4. The molecule has 1 amide bonds. The standard InChI is InChI=1S/C18H24N2O2/c1-4-5-13-20(3)17(21)12-11-16-14(2)22-18(19-16)15-9-7-6-8-10-15/h6-10H,4-5,11-13H2,1-3H3. The van der Waals surface area contributed by atoms with Crippen molar-refractivity contribution in [3.8, 4) is 11.5 Å². The number of benzene rings is 1. The molecular weight excluding hydrogens is 276 g/mol. The third-order valence-electron chi connectivity index (χ3n) is 3.76. The Bertz CT molecular complexity index is 605. The van der Waals surface area contributed by atoms with Crippen LogP contribution in [0, 0.1) is 6.92 Å². The van der Waals surface area contributed by atoms with Crippen molar-refractivity contribution in [1.82, 2.24) is 9.88 Å². The van der Waals surface area contributed by atoms with E-state index >= 15 is 0 Å². The van der Waals surface area contributed by atoms with Gasteiger partial charge in [0.25, 0.3) is 0 Å². The first-order valence-electron chi connectivity index (χ1n) is 7.87. The molecular formula is C18H24N2O2. The lowest BCUT2D eigenvalue weighted by Gasteiger charge is -2.16. The molecule has 4 heteroatoms. The highest BCUT2D eigenvalue weighted by molar-refractivity contribution is 5.76. The lowest BCUT2D eigenvalue weighted by Crippen LogP contribution is -2.27. The maximum absolute atomic E-state index is 12.1. The summed E-state index contributed by atoms with van der Waals surface area (Å²) in [5, 5.41) is 0. The molecule has 0 spiro atoms. The van der Waals surface area contributed by atoms with Gasteiger partial charge in [0.05, 0.1) is 5.69 Å². The zero-order valence-corrected chi connectivity index (χ0v) is 13.6. The van der Waals surface area contributed by atoms with Gasteiger partial charge in [0, 0.05) is 32.0 Å². The minimum Gasteiger partial charge on any atom is -0.441 e. The van der Waals surface area contributed by atoms with Crippen LogP contribution in [0.5, 0.6) is 0 Å². The van der Waals surface area contributed by atoms with E-state index in [-0.39, 0.29) is 5.91 Å². The van der Waals surface area contributed by atoms with Crippen molar-refractivity contribution in [2.24, 2.45) is 0 Å². The summed E-state index contributed by atoms with van der Waals surface area (Å²) in [5.74, 6) is 1.58. The predicted molar refractivity (Wildman–Crippen MR) is 87.5 cm³/mol. The van der Waals surface area contributed by atoms with Gasteiger partial charge in [0.2, 0.25) is 11.8 Å². The fourth-order valence-corrected chi connectivity index (χ4v) is 2.30. The Labute approximate surface area is 132 Å². The van der Waals surface area contributed by atoms with E-state index in [1.807, 2.05) is 44.3 Å². The third-order valence-corrected chi connectivity index (χ3v) is 3.76. The number of carbonyl (C=O) groups is 1. The van der Waals surface area contributed by atoms with Gasteiger partial charge >= 0.3 is 0 Å². The number of hydrogen-bond acceptors (Lipinski definition) is 3. The molecule has 22 heavy (non-hydrogen) atoms. The van der Waals surface area contributed by atoms with Crippen LogP contribution in [-0.4, -0.2) is 29.4 Å². The van der Waals surface area contributed by atoms with Gasteiger partial charge in [-0.3, -0.25) is 4.79 Å². The van der Waals surface area contributed by atoms with Gasteiger partial charge < -0.3 is 9.32 Å². The summed E-state index contributed by atoms with van der Waals surface area (Å²) in [6, 6.07) is 9.82. The van der Waals surface area contributed by atoms with Crippen LogP contribution in [0.1, 0.15) is 37.6 Å². The molecule has 2 rings (SSSR count). The van der Waals surface area contributed by atoms with Crippen molar-refractivity contribution in [3.63, 3.8) is 0 Å². The van der Waals surface area contributed by atoms with E-state index in [1.165, 1.54) is 0 Å². The fourth-order valence-electron chi connectivity index (χ4n) is 2.30. The van der Waals surface area contributed by atoms with Crippen LogP contribution in [-0.2, 0) is 11.2 Å². The lowest BCUT2D eigenvalue weighted by atomic mass is 10.2. The molecule has 1 aromatic heterocycles. The first-order chi connectivity index (χ1) is 10.6. The van der Waals surface area contributed by atoms with Gasteiger partial charge in [-0.2, -0.15) is 0 Å². The van der Waals surface area contributed by atoms with Crippen LogP contribution in [0.2, 0.25) is 0 Å². The molecule has 0 unspecified atom stereocenters. The molecule has 0 atom stereocenters. The summed E-state index contributed by atoms with van der Waals surface area (Å²) in [7, 11) is 1.86. The van der Waals surface area contributed by atoms with E-state index in [2.05, 4.69) is 11.9 Å². The van der Waals surface area contributed by atoms with Crippen LogP contribution >= 0.6 is 0 Å². The van der Waals surface area contributed by atoms with E-state index in [0.717, 1.165) is 36.4 Å². The van der Waals surface area contributed by atoms with E-state index in [1.54, 1.807) is 4.90 Å². The molecule has 0 fully saturated rings. The minimum absolute atomic E-state index is 0.164. The smallest absolute Gasteiger partial charge is 0.226 e. The van der Waals surface area contributed by atoms with Gasteiger partial charge in [-0.05, 0) is 25.5 Å². The second-order valence-corrected chi connectivity index (χ2v) is 5.56. The molecule has 0 saturated carbocycles. The molecule has 0 radical (unpaired) electrons. The number of nitrogens with zero attached hydrogens (tertiary/aromatic N) is 2. The highest BCUT2D eigenvalue weighted by Gasteiger charge is 2.14. The molecule has 0 aliphatic rings. The average molecular weight is 300 g/mol. The molecule has 0 saturated heterocycles. The normalized spacial score (nSPS) is 10.7. The second kappa shape index (κ2) is 7.78. The van der Waals surface area contributed by atoms with Gasteiger partial charge in [0.15, 0.2) is 0 Å². The number of aryl methyl sites for hydroxylation is 2. The van der Waals surface area contributed by atoms with Gasteiger partial charge in [-0.15, -0.1) is 0 Å². The summed E-state index contributed by atoms with van der Waals surface area (Å²) in [5.41, 5.74) is 1.83. The molecule has 118 valence electrons. The number of carbonyl (C=O) groups excluding carboxylic acids is 1. The van der Waals surface area contributed by atoms with E-state index in [9.17, 15) is 4.79 Å². The number of aromatic nitrogens is 1. The Morgan fingerprint density at radius 3 is 2.68 bits per heavy atom. The van der Waals surface area contributed by atoms with Crippen LogP contribution in [0.15, 0.2) is 34.7 Å². The predicted octanol–water partition coefficient (Wildman–Crippen LogP) is 3.84. The van der Waals surface area contributed by atoms with Crippen LogP contribution in [0.4, 0.5) is 0 Å². The molecule has 4 nitrogen and oxygen atoms in total. The Balaban J connectivity index is 1.96. The number of hydrogen-bond donors (Lipinski definition) is 0. The van der Waals surface area contributed by atoms with E-state index in [4.69, 9.17) is 4.42 Å². The maximum Gasteiger partial charge on any atom is 0.226 e.